The van der Waals surface area contributed by atoms with Crippen LogP contribution in [-0.4, -0.2) is 43.1 Å². The Balaban J connectivity index is 0.000000709. The van der Waals surface area contributed by atoms with Crippen LogP contribution in [0.3, 0.4) is 0 Å². The van der Waals surface area contributed by atoms with Crippen molar-refractivity contribution >= 4 is 16.1 Å². The molecule has 0 fully saturated rings. The van der Waals surface area contributed by atoms with E-state index in [-0.39, 0.29) is 18.6 Å². The smallest absolute Gasteiger partial charge is 0.416 e. The van der Waals surface area contributed by atoms with Gasteiger partial charge >= 0.3 is 28.9 Å². The van der Waals surface area contributed by atoms with Crippen LogP contribution in [0.15, 0.2) is 30.3 Å². The molecule has 2 heterocycles. The van der Waals surface area contributed by atoms with Gasteiger partial charge in [0.1, 0.15) is 17.6 Å². The molecule has 2 unspecified atom stereocenters. The van der Waals surface area contributed by atoms with Crippen LogP contribution in [0.1, 0.15) is 22.8 Å². The lowest BCUT2D eigenvalue weighted by Gasteiger charge is -2.24. The highest BCUT2D eigenvalue weighted by molar-refractivity contribution is 7.87. The molecular weight excluding hydrogens is 486 g/mol. The minimum absolute atomic E-state index is 0.0163. The Bertz CT molecular complexity index is 1180. The van der Waals surface area contributed by atoms with Gasteiger partial charge in [0.15, 0.2) is 11.9 Å². The second-order valence-corrected chi connectivity index (χ2v) is 8.74. The Morgan fingerprint density at radius 1 is 1.09 bits per heavy atom. The van der Waals surface area contributed by atoms with E-state index in [0.29, 0.717) is 17.4 Å². The molecule has 3 bridgehead atoms. The number of benzene rings is 2. The fourth-order valence-corrected chi connectivity index (χ4v) is 4.67. The number of ether oxygens (including phenoxy) is 1. The van der Waals surface area contributed by atoms with E-state index >= 15 is 0 Å². The van der Waals surface area contributed by atoms with Gasteiger partial charge in [-0.15, -0.1) is 0 Å². The number of hydrogen-bond donors (Lipinski definition) is 2. The van der Waals surface area contributed by atoms with E-state index in [4.69, 9.17) is 8.92 Å². The molecule has 4 rings (SSSR count). The summed E-state index contributed by atoms with van der Waals surface area (Å²) < 4.78 is 106. The number of aliphatic hydroxyl groups is 1. The molecule has 7 nitrogen and oxygen atoms in total. The van der Waals surface area contributed by atoms with Gasteiger partial charge in [-0.25, -0.2) is 4.79 Å². The van der Waals surface area contributed by atoms with Crippen molar-refractivity contribution in [1.29, 1.82) is 0 Å². The highest BCUT2D eigenvalue weighted by atomic mass is 32.2. The monoisotopic (exact) mass is 500 g/mol. The predicted octanol–water partition coefficient (Wildman–Crippen LogP) is 3.69. The maximum atomic E-state index is 13.6. The number of aliphatic carboxylic acids is 1. The topological polar surface area (TPSA) is 110 Å². The van der Waals surface area contributed by atoms with E-state index in [9.17, 15) is 49.8 Å². The lowest BCUT2D eigenvalue weighted by atomic mass is 9.89. The molecule has 2 aromatic carbocycles. The van der Waals surface area contributed by atoms with Crippen molar-refractivity contribution in [2.75, 3.05) is 6.61 Å². The van der Waals surface area contributed by atoms with Gasteiger partial charge in [0, 0.05) is 11.1 Å². The maximum absolute atomic E-state index is 13.6. The highest BCUT2D eigenvalue weighted by Gasteiger charge is 2.41. The molecule has 2 aromatic rings. The fraction of sp³-hybridized carbons (Fsp3) is 0.316. The van der Waals surface area contributed by atoms with Crippen molar-refractivity contribution in [2.45, 2.75) is 30.6 Å². The zero-order chi connectivity index (χ0) is 24.7. The van der Waals surface area contributed by atoms with Crippen LogP contribution in [0.25, 0.3) is 11.1 Å². The number of aliphatic hydroxyl groups excluding tert-OH is 1. The summed E-state index contributed by atoms with van der Waals surface area (Å²) in [6.07, 6.45) is -7.54. The van der Waals surface area contributed by atoms with Crippen LogP contribution >= 0.6 is 0 Å². The molecule has 14 heteroatoms. The van der Waals surface area contributed by atoms with Gasteiger partial charge in [0.25, 0.3) is 0 Å². The third-order valence-electron chi connectivity index (χ3n) is 4.86. The van der Waals surface area contributed by atoms with Crippen LogP contribution < -0.4 is 8.92 Å². The van der Waals surface area contributed by atoms with E-state index in [1.165, 1.54) is 18.2 Å². The van der Waals surface area contributed by atoms with E-state index in [0.717, 1.165) is 6.07 Å². The van der Waals surface area contributed by atoms with Gasteiger partial charge in [-0.3, -0.25) is 0 Å². The highest BCUT2D eigenvalue weighted by Crippen LogP contribution is 2.47. The average Bonchev–Trinajstić information content (AvgIpc) is 2.70. The quantitative estimate of drug-likeness (QED) is 0.478. The first-order valence-corrected chi connectivity index (χ1v) is 10.5. The Hall–Kier alpha value is -3.00. The molecule has 0 radical (unpaired) electrons. The summed E-state index contributed by atoms with van der Waals surface area (Å²) in [5, 5.41) is 18.2. The number of fused-ring (bicyclic) bond motifs is 4. The van der Waals surface area contributed by atoms with E-state index in [1.807, 2.05) is 0 Å². The molecule has 0 aromatic heterocycles. The molecule has 0 aliphatic carbocycles. The van der Waals surface area contributed by atoms with Gasteiger partial charge in [-0.05, 0) is 41.8 Å². The van der Waals surface area contributed by atoms with E-state index < -0.39 is 62.7 Å². The van der Waals surface area contributed by atoms with Crippen LogP contribution in [0.5, 0.6) is 11.5 Å². The van der Waals surface area contributed by atoms with Crippen molar-refractivity contribution in [1.82, 2.24) is 0 Å². The first-order valence-electron chi connectivity index (χ1n) is 8.99. The maximum Gasteiger partial charge on any atom is 0.416 e. The Morgan fingerprint density at radius 2 is 1.70 bits per heavy atom. The molecule has 0 saturated heterocycles. The van der Waals surface area contributed by atoms with Crippen molar-refractivity contribution in [3.05, 3.63) is 47.0 Å². The summed E-state index contributed by atoms with van der Waals surface area (Å²) in [5.41, 5.74) is -2.35. The molecule has 180 valence electrons. The summed E-state index contributed by atoms with van der Waals surface area (Å²) in [6, 6.07) is 5.54. The molecule has 2 aliphatic rings. The first-order chi connectivity index (χ1) is 15.2. The Kier molecular flexibility index (Phi) is 6.53. The van der Waals surface area contributed by atoms with Crippen molar-refractivity contribution < 1.29 is 58.7 Å². The van der Waals surface area contributed by atoms with Crippen molar-refractivity contribution in [2.24, 2.45) is 0 Å². The normalized spacial score (nSPS) is 19.0. The van der Waals surface area contributed by atoms with Gasteiger partial charge in [0.2, 0.25) is 0 Å². The number of rotatable bonds is 2. The number of halogens is 6. The average molecular weight is 500 g/mol. The lowest BCUT2D eigenvalue weighted by molar-refractivity contribution is -0.149. The summed E-state index contributed by atoms with van der Waals surface area (Å²) in [5.74, 6) is -2.05. The zero-order valence-corrected chi connectivity index (χ0v) is 17.0. The summed E-state index contributed by atoms with van der Waals surface area (Å²) >= 11 is 0. The van der Waals surface area contributed by atoms with Crippen LogP contribution in [0.4, 0.5) is 26.3 Å². The largest absolute Gasteiger partial charge is 0.492 e. The number of carboxylic acid groups (broad SMARTS) is 1. The molecule has 0 amide bonds. The molecule has 0 spiro atoms. The molecule has 33 heavy (non-hydrogen) atoms. The first kappa shape index (κ1) is 24.6. The molecule has 2 aliphatic heterocycles. The van der Waals surface area contributed by atoms with Crippen molar-refractivity contribution in [3.63, 3.8) is 0 Å². The van der Waals surface area contributed by atoms with Gasteiger partial charge < -0.3 is 19.1 Å². The van der Waals surface area contributed by atoms with Gasteiger partial charge in [0.05, 0.1) is 5.56 Å². The Labute approximate surface area is 182 Å². The molecule has 2 atom stereocenters. The van der Waals surface area contributed by atoms with Crippen LogP contribution in [0.2, 0.25) is 0 Å². The summed E-state index contributed by atoms with van der Waals surface area (Å²) in [4.78, 5) is 11.4. The second-order valence-electron chi connectivity index (χ2n) is 6.92. The van der Waals surface area contributed by atoms with Gasteiger partial charge in [-0.1, -0.05) is 6.07 Å². The number of hydrogen-bond acceptors (Lipinski definition) is 6. The van der Waals surface area contributed by atoms with Crippen LogP contribution in [-0.2, 0) is 27.5 Å². The SMILES string of the molecule is FC(F)F.O=C(O)C(O)c1c(C(F)(F)F)ccc2c1-c1ccc3c(c1)CC(CO3)S(=O)(=O)O2. The standard InChI is InChI=1S/C18H13F3O7S.CHF3/c19-18(20,21)11-2-4-13-14(15(11)16(22)17(23)24)8-1-3-12-9(5-8)6-10(7-27-12)29(25,26)28-13;2-1(3)4/h1-5,10,16,22H,6-7H2,(H,23,24);1H. The van der Waals surface area contributed by atoms with Crippen LogP contribution in [0, 0.1) is 0 Å². The zero-order valence-electron chi connectivity index (χ0n) is 16.1. The Morgan fingerprint density at radius 3 is 2.27 bits per heavy atom. The third kappa shape index (κ3) is 5.00. The molecule has 0 saturated carbocycles. The van der Waals surface area contributed by atoms with Gasteiger partial charge in [-0.2, -0.15) is 34.8 Å². The second kappa shape index (κ2) is 8.74. The lowest BCUT2D eigenvalue weighted by Crippen LogP contribution is -2.36. The summed E-state index contributed by atoms with van der Waals surface area (Å²) in [7, 11) is -4.31. The van der Waals surface area contributed by atoms with Crippen molar-refractivity contribution in [3.8, 4) is 22.6 Å². The third-order valence-corrected chi connectivity index (χ3v) is 6.39. The minimum atomic E-state index is -5.00. The predicted molar refractivity (Wildman–Crippen MR) is 99.1 cm³/mol. The number of alkyl halides is 6. The fourth-order valence-electron chi connectivity index (χ4n) is 3.52. The van der Waals surface area contributed by atoms with E-state index in [1.54, 1.807) is 0 Å². The molecule has 2 N–H and O–H groups in total. The van der Waals surface area contributed by atoms with E-state index in [2.05, 4.69) is 0 Å². The number of carbonyl (C=O) groups is 1. The summed E-state index contributed by atoms with van der Waals surface area (Å²) in [6.45, 7) is -3.87. The number of carboxylic acids is 1. The minimum Gasteiger partial charge on any atom is -0.492 e. The molecular formula is C19H14F6O7S.